The van der Waals surface area contributed by atoms with E-state index in [0.29, 0.717) is 11.3 Å². The van der Waals surface area contributed by atoms with Crippen molar-refractivity contribution in [1.29, 1.82) is 0 Å². The molecule has 2 aromatic carbocycles. The molecule has 0 spiro atoms. The van der Waals surface area contributed by atoms with Crippen LogP contribution in [0.2, 0.25) is 0 Å². The fourth-order valence-corrected chi connectivity index (χ4v) is 1.72. The van der Waals surface area contributed by atoms with Crippen molar-refractivity contribution in [2.24, 2.45) is 0 Å². The molecule has 0 aliphatic carbocycles. The van der Waals surface area contributed by atoms with Crippen molar-refractivity contribution >= 4 is 11.7 Å². The molecule has 0 fully saturated rings. The van der Waals surface area contributed by atoms with E-state index in [2.05, 4.69) is 0 Å². The van der Waals surface area contributed by atoms with E-state index in [9.17, 15) is 9.18 Å². The van der Waals surface area contributed by atoms with Crippen LogP contribution in [0.1, 0.15) is 15.9 Å². The number of ether oxygens (including phenoxy) is 2. The third kappa shape index (κ3) is 3.06. The Morgan fingerprint density at radius 3 is 2.70 bits per heavy atom. The number of carbonyl (C=O) groups excluding carboxylic acids is 1. The first-order valence-electron chi connectivity index (χ1n) is 5.96. The zero-order chi connectivity index (χ0) is 14.5. The first kappa shape index (κ1) is 13.9. The van der Waals surface area contributed by atoms with Gasteiger partial charge < -0.3 is 15.2 Å². The lowest BCUT2D eigenvalue weighted by molar-refractivity contribution is 0.0468. The molecule has 5 heteroatoms. The van der Waals surface area contributed by atoms with E-state index in [-0.39, 0.29) is 17.9 Å². The van der Waals surface area contributed by atoms with Crippen molar-refractivity contribution in [1.82, 2.24) is 0 Å². The van der Waals surface area contributed by atoms with Gasteiger partial charge in [-0.2, -0.15) is 0 Å². The van der Waals surface area contributed by atoms with Gasteiger partial charge in [-0.25, -0.2) is 9.18 Å². The average molecular weight is 275 g/mol. The Kier molecular flexibility index (Phi) is 4.20. The number of esters is 1. The molecule has 0 radical (unpaired) electrons. The van der Waals surface area contributed by atoms with Crippen LogP contribution in [0.3, 0.4) is 0 Å². The van der Waals surface area contributed by atoms with Gasteiger partial charge in [0.25, 0.3) is 0 Å². The summed E-state index contributed by atoms with van der Waals surface area (Å²) in [5.41, 5.74) is 6.62. The Hall–Kier alpha value is -2.56. The van der Waals surface area contributed by atoms with Crippen molar-refractivity contribution in [2.75, 3.05) is 12.8 Å². The molecule has 0 aliphatic rings. The van der Waals surface area contributed by atoms with Crippen molar-refractivity contribution in [2.45, 2.75) is 6.61 Å². The van der Waals surface area contributed by atoms with E-state index in [1.54, 1.807) is 24.3 Å². The standard InChI is InChI=1S/C15H14FNO3/c1-19-13-7-3-5-11(14(13)16)9-20-15(18)10-4-2-6-12(17)8-10/h2-8H,9,17H2,1H3. The third-order valence-electron chi connectivity index (χ3n) is 2.74. The number of carbonyl (C=O) groups is 1. The number of halogens is 1. The normalized spacial score (nSPS) is 10.1. The second kappa shape index (κ2) is 6.06. The SMILES string of the molecule is COc1cccc(COC(=O)c2cccc(N)c2)c1F. The Balaban J connectivity index is 2.07. The largest absolute Gasteiger partial charge is 0.494 e. The summed E-state index contributed by atoms with van der Waals surface area (Å²) in [6.45, 7) is -0.170. The molecule has 0 aliphatic heterocycles. The van der Waals surface area contributed by atoms with Gasteiger partial charge in [-0.1, -0.05) is 18.2 Å². The molecule has 0 saturated heterocycles. The summed E-state index contributed by atoms with van der Waals surface area (Å²) < 4.78 is 23.8. The Bertz CT molecular complexity index is 628. The maximum Gasteiger partial charge on any atom is 0.338 e. The monoisotopic (exact) mass is 275 g/mol. The highest BCUT2D eigenvalue weighted by Gasteiger charge is 2.12. The molecule has 0 unspecified atom stereocenters. The number of hydrogen-bond donors (Lipinski definition) is 1. The molecule has 0 saturated carbocycles. The van der Waals surface area contributed by atoms with E-state index in [0.717, 1.165) is 0 Å². The molecule has 0 aromatic heterocycles. The third-order valence-corrected chi connectivity index (χ3v) is 2.74. The van der Waals surface area contributed by atoms with Gasteiger partial charge in [-0.05, 0) is 24.3 Å². The van der Waals surface area contributed by atoms with E-state index in [1.165, 1.54) is 25.3 Å². The summed E-state index contributed by atoms with van der Waals surface area (Å²) in [6, 6.07) is 11.1. The summed E-state index contributed by atoms with van der Waals surface area (Å²) in [5, 5.41) is 0. The molecule has 2 N–H and O–H groups in total. The van der Waals surface area contributed by atoms with Crippen molar-refractivity contribution in [3.63, 3.8) is 0 Å². The molecule has 0 heterocycles. The second-order valence-corrected chi connectivity index (χ2v) is 4.13. The second-order valence-electron chi connectivity index (χ2n) is 4.13. The van der Waals surface area contributed by atoms with Gasteiger partial charge >= 0.3 is 5.97 Å². The Morgan fingerprint density at radius 1 is 1.25 bits per heavy atom. The summed E-state index contributed by atoms with van der Waals surface area (Å²) in [5.74, 6) is -0.975. The Labute approximate surface area is 115 Å². The number of benzene rings is 2. The summed E-state index contributed by atoms with van der Waals surface area (Å²) in [7, 11) is 1.38. The van der Waals surface area contributed by atoms with Gasteiger partial charge in [0, 0.05) is 11.3 Å². The maximum absolute atomic E-state index is 13.9. The summed E-state index contributed by atoms with van der Waals surface area (Å²) >= 11 is 0. The van der Waals surface area contributed by atoms with Crippen molar-refractivity contribution in [3.05, 3.63) is 59.4 Å². The lowest BCUT2D eigenvalue weighted by atomic mass is 10.2. The zero-order valence-corrected chi connectivity index (χ0v) is 10.9. The lowest BCUT2D eigenvalue weighted by Crippen LogP contribution is -2.07. The highest BCUT2D eigenvalue weighted by Crippen LogP contribution is 2.21. The van der Waals surface area contributed by atoms with E-state index < -0.39 is 11.8 Å². The average Bonchev–Trinajstić information content (AvgIpc) is 2.46. The van der Waals surface area contributed by atoms with Crippen LogP contribution >= 0.6 is 0 Å². The van der Waals surface area contributed by atoms with Crippen LogP contribution in [0.4, 0.5) is 10.1 Å². The molecular formula is C15H14FNO3. The topological polar surface area (TPSA) is 61.5 Å². The maximum atomic E-state index is 13.9. The Morgan fingerprint density at radius 2 is 2.00 bits per heavy atom. The number of nitrogens with two attached hydrogens (primary N) is 1. The predicted molar refractivity (Wildman–Crippen MR) is 72.9 cm³/mol. The van der Waals surface area contributed by atoms with E-state index in [4.69, 9.17) is 15.2 Å². The predicted octanol–water partition coefficient (Wildman–Crippen LogP) is 2.77. The molecule has 4 nitrogen and oxygen atoms in total. The zero-order valence-electron chi connectivity index (χ0n) is 10.9. The van der Waals surface area contributed by atoms with Crippen LogP contribution in [0.15, 0.2) is 42.5 Å². The lowest BCUT2D eigenvalue weighted by Gasteiger charge is -2.08. The van der Waals surface area contributed by atoms with Gasteiger partial charge in [0.05, 0.1) is 12.7 Å². The van der Waals surface area contributed by atoms with Crippen LogP contribution in [0, 0.1) is 5.82 Å². The smallest absolute Gasteiger partial charge is 0.338 e. The van der Waals surface area contributed by atoms with Gasteiger partial charge in [-0.3, -0.25) is 0 Å². The fraction of sp³-hybridized carbons (Fsp3) is 0.133. The van der Waals surface area contributed by atoms with Crippen molar-refractivity contribution < 1.29 is 18.7 Å². The van der Waals surface area contributed by atoms with Gasteiger partial charge in [0.15, 0.2) is 11.6 Å². The van der Waals surface area contributed by atoms with Crippen LogP contribution < -0.4 is 10.5 Å². The summed E-state index contributed by atoms with van der Waals surface area (Å²) in [6.07, 6.45) is 0. The van der Waals surface area contributed by atoms with Crippen molar-refractivity contribution in [3.8, 4) is 5.75 Å². The minimum atomic E-state index is -0.556. The molecule has 2 aromatic rings. The molecule has 104 valence electrons. The van der Waals surface area contributed by atoms with Crippen LogP contribution in [0.5, 0.6) is 5.75 Å². The van der Waals surface area contributed by atoms with Gasteiger partial charge in [0.1, 0.15) is 6.61 Å². The molecule has 0 bridgehead atoms. The minimum absolute atomic E-state index is 0.113. The molecule has 0 atom stereocenters. The molecule has 0 amide bonds. The number of methoxy groups -OCH3 is 1. The van der Waals surface area contributed by atoms with Gasteiger partial charge in [-0.15, -0.1) is 0 Å². The van der Waals surface area contributed by atoms with E-state index >= 15 is 0 Å². The molecule has 2 rings (SSSR count). The molecular weight excluding hydrogens is 261 g/mol. The highest BCUT2D eigenvalue weighted by molar-refractivity contribution is 5.90. The van der Waals surface area contributed by atoms with E-state index in [1.807, 2.05) is 0 Å². The molecule has 20 heavy (non-hydrogen) atoms. The minimum Gasteiger partial charge on any atom is -0.494 e. The number of hydrogen-bond acceptors (Lipinski definition) is 4. The highest BCUT2D eigenvalue weighted by atomic mass is 19.1. The van der Waals surface area contributed by atoms with Crippen LogP contribution in [0.25, 0.3) is 0 Å². The van der Waals surface area contributed by atoms with Gasteiger partial charge in [0.2, 0.25) is 0 Å². The number of rotatable bonds is 4. The number of anilines is 1. The quantitative estimate of drug-likeness (QED) is 0.688. The van der Waals surface area contributed by atoms with Crippen LogP contribution in [-0.4, -0.2) is 13.1 Å². The van der Waals surface area contributed by atoms with Crippen LogP contribution in [-0.2, 0) is 11.3 Å². The first-order valence-corrected chi connectivity index (χ1v) is 5.96. The first-order chi connectivity index (χ1) is 9.61. The number of nitrogen functional groups attached to an aromatic ring is 1. The summed E-state index contributed by atoms with van der Waals surface area (Å²) in [4.78, 5) is 11.8. The fourth-order valence-electron chi connectivity index (χ4n) is 1.72.